The summed E-state index contributed by atoms with van der Waals surface area (Å²) in [6.45, 7) is 17.2. The quantitative estimate of drug-likeness (QED) is 0.0588. The maximum Gasteiger partial charge on any atom is 0.187 e. The van der Waals surface area contributed by atoms with E-state index in [-0.39, 0.29) is 49.1 Å². The largest absolute Gasteiger partial charge is 0.392 e. The Morgan fingerprint density at radius 2 is 0.909 bits per heavy atom. The molecule has 382 valence electrons. The topological polar surface area (TPSA) is 151 Å². The van der Waals surface area contributed by atoms with Gasteiger partial charge in [-0.15, -0.1) is 0 Å². The van der Waals surface area contributed by atoms with Crippen molar-refractivity contribution in [3.05, 3.63) is 47.6 Å². The molecule has 4 rings (SSSR count). The van der Waals surface area contributed by atoms with Crippen molar-refractivity contribution in [2.45, 2.75) is 167 Å². The Balaban J connectivity index is 1.42. The number of hydrogen-bond acceptors (Lipinski definition) is 14. The maximum absolute atomic E-state index is 11.3. The number of methoxy groups -OCH3 is 8. The molecule has 4 fully saturated rings. The summed E-state index contributed by atoms with van der Waals surface area (Å²) in [5, 5.41) is 22.5. The van der Waals surface area contributed by atoms with Crippen molar-refractivity contribution in [1.82, 2.24) is 0 Å². The highest BCUT2D eigenvalue weighted by Gasteiger charge is 2.51. The molecule has 0 aromatic carbocycles. The van der Waals surface area contributed by atoms with E-state index in [1.54, 1.807) is 56.9 Å². The van der Waals surface area contributed by atoms with Gasteiger partial charge < -0.3 is 67.1 Å². The van der Waals surface area contributed by atoms with Crippen LogP contribution in [0, 0.1) is 47.3 Å². The van der Waals surface area contributed by atoms with E-state index in [0.717, 1.165) is 36.8 Å². The van der Waals surface area contributed by atoms with E-state index in [1.165, 1.54) is 0 Å². The summed E-state index contributed by atoms with van der Waals surface area (Å²) in [5.74, 6) is 2.22. The second kappa shape index (κ2) is 27.7. The van der Waals surface area contributed by atoms with Gasteiger partial charge >= 0.3 is 0 Å². The molecule has 22 atom stereocenters. The van der Waals surface area contributed by atoms with E-state index >= 15 is 0 Å². The number of hydrogen-bond donors (Lipinski definition) is 2. The van der Waals surface area contributed by atoms with Crippen LogP contribution in [-0.2, 0) is 56.8 Å². The molecular weight excluding hydrogens is 849 g/mol. The zero-order valence-electron chi connectivity index (χ0n) is 43.2. The summed E-state index contributed by atoms with van der Waals surface area (Å²) >= 11 is 0. The number of rotatable bonds is 29. The third-order valence-corrected chi connectivity index (χ3v) is 15.4. The number of ether oxygens (including phenoxy) is 12. The van der Waals surface area contributed by atoms with Crippen LogP contribution in [0.3, 0.4) is 0 Å². The average molecular weight is 939 g/mol. The van der Waals surface area contributed by atoms with Gasteiger partial charge in [0, 0.05) is 68.7 Å². The molecule has 0 unspecified atom stereocenters. The first-order valence-corrected chi connectivity index (χ1v) is 24.5. The molecule has 2 heterocycles. The third kappa shape index (κ3) is 14.0. The Kier molecular flexibility index (Phi) is 23.9. The van der Waals surface area contributed by atoms with E-state index < -0.39 is 73.6 Å². The first kappa shape index (κ1) is 57.0. The molecule has 2 aliphatic carbocycles. The van der Waals surface area contributed by atoms with Crippen LogP contribution in [0.1, 0.15) is 81.1 Å². The molecule has 0 spiro atoms. The van der Waals surface area contributed by atoms with Crippen molar-refractivity contribution < 1.29 is 67.1 Å². The van der Waals surface area contributed by atoms with Gasteiger partial charge in [-0.3, -0.25) is 0 Å². The van der Waals surface area contributed by atoms with Crippen LogP contribution < -0.4 is 0 Å². The first-order chi connectivity index (χ1) is 31.7. The van der Waals surface area contributed by atoms with Gasteiger partial charge in [-0.1, -0.05) is 78.0 Å². The minimum Gasteiger partial charge on any atom is -0.392 e. The fraction of sp³-hybridized carbons (Fsp3) is 0.846. The van der Waals surface area contributed by atoms with Gasteiger partial charge in [0.05, 0.1) is 37.6 Å². The lowest BCUT2D eigenvalue weighted by Gasteiger charge is -2.46. The van der Waals surface area contributed by atoms with Crippen molar-refractivity contribution in [2.75, 3.05) is 70.1 Å². The molecule has 4 aliphatic rings. The van der Waals surface area contributed by atoms with Crippen molar-refractivity contribution in [3.63, 3.8) is 0 Å². The van der Waals surface area contributed by atoms with Gasteiger partial charge in [-0.05, 0) is 86.2 Å². The van der Waals surface area contributed by atoms with Crippen molar-refractivity contribution in [3.8, 4) is 0 Å². The van der Waals surface area contributed by atoms with Crippen molar-refractivity contribution in [1.29, 1.82) is 0 Å². The minimum absolute atomic E-state index is 0.0279. The lowest BCUT2D eigenvalue weighted by molar-refractivity contribution is -0.311. The van der Waals surface area contributed by atoms with Crippen molar-refractivity contribution in [2.24, 2.45) is 47.3 Å². The molecule has 14 heteroatoms. The van der Waals surface area contributed by atoms with Gasteiger partial charge in [0.15, 0.2) is 12.6 Å². The number of aliphatic hydroxyl groups is 2. The molecule has 2 saturated heterocycles. The highest BCUT2D eigenvalue weighted by atomic mass is 16.7. The predicted molar refractivity (Wildman–Crippen MR) is 254 cm³/mol. The Morgan fingerprint density at radius 3 is 1.32 bits per heavy atom. The molecule has 2 aliphatic heterocycles. The summed E-state index contributed by atoms with van der Waals surface area (Å²) in [7, 11) is 13.2. The fourth-order valence-electron chi connectivity index (χ4n) is 11.0. The molecule has 66 heavy (non-hydrogen) atoms. The normalized spacial score (nSPS) is 36.8. The highest BCUT2D eigenvalue weighted by molar-refractivity contribution is 5.21. The highest BCUT2D eigenvalue weighted by Crippen LogP contribution is 2.51. The molecule has 0 aromatic heterocycles. The summed E-state index contributed by atoms with van der Waals surface area (Å²) in [5.41, 5.74) is 1.80. The van der Waals surface area contributed by atoms with Crippen LogP contribution in [0.5, 0.6) is 0 Å². The number of aliphatic hydroxyl groups excluding tert-OH is 2. The fourth-order valence-corrected chi connectivity index (χ4v) is 11.0. The lowest BCUT2D eigenvalue weighted by Crippen LogP contribution is -2.61. The van der Waals surface area contributed by atoms with E-state index in [9.17, 15) is 10.2 Å². The third-order valence-electron chi connectivity index (χ3n) is 15.4. The second-order valence-electron chi connectivity index (χ2n) is 19.3. The minimum atomic E-state index is -0.812. The molecule has 0 radical (unpaired) electrons. The van der Waals surface area contributed by atoms with Gasteiger partial charge in [-0.2, -0.15) is 0 Å². The van der Waals surface area contributed by atoms with Gasteiger partial charge in [0.1, 0.15) is 48.8 Å². The maximum atomic E-state index is 11.3. The second-order valence-corrected chi connectivity index (χ2v) is 19.3. The Labute approximate surface area is 398 Å². The van der Waals surface area contributed by atoms with Crippen LogP contribution in [0.4, 0.5) is 0 Å². The summed E-state index contributed by atoms with van der Waals surface area (Å²) < 4.78 is 73.0. The molecule has 0 aromatic rings. The average Bonchev–Trinajstić information content (AvgIpc) is 4.27. The van der Waals surface area contributed by atoms with E-state index in [1.807, 2.05) is 44.2 Å². The predicted octanol–water partition coefficient (Wildman–Crippen LogP) is 6.95. The molecule has 2 saturated carbocycles. The molecule has 0 amide bonds. The summed E-state index contributed by atoms with van der Waals surface area (Å²) in [6, 6.07) is 0. The molecule has 0 bridgehead atoms. The Hall–Kier alpha value is -1.60. The van der Waals surface area contributed by atoms with E-state index in [2.05, 4.69) is 47.6 Å². The van der Waals surface area contributed by atoms with Crippen LogP contribution in [0.15, 0.2) is 47.6 Å². The molecule has 14 nitrogen and oxygen atoms in total. The van der Waals surface area contributed by atoms with Crippen LogP contribution in [-0.4, -0.2) is 166 Å². The number of allylic oxidation sites excluding steroid dienone is 4. The SMILES string of the molecule is CC[C@H](OC)[C@@H](C)[C@@H]1C[C@H]1[C@H](O)[C@@H](C)/C=C/C=C(\C)[C@H]1O[C@H](OC)[C@H](OC)[C@@H](OC)[C@H]1OCCO[C@H]1O[C@H](/C(C)=C/C=C/[C@H](C)[C@@H](O)[C@@H]2C[C@H]2[C@H](C)[C@H](CC)OC)[C@@H](OC)[C@H](OC)[C@@H]1OC. The smallest absolute Gasteiger partial charge is 0.187 e. The molecule has 2 N–H and O–H groups in total. The summed E-state index contributed by atoms with van der Waals surface area (Å²) in [6.07, 6.45) is 9.74. The van der Waals surface area contributed by atoms with Crippen LogP contribution >= 0.6 is 0 Å². The lowest BCUT2D eigenvalue weighted by atomic mass is 9.91. The van der Waals surface area contributed by atoms with E-state index in [4.69, 9.17) is 56.8 Å². The Bertz CT molecular complexity index is 1510. The molecular formula is C52H90O14. The first-order valence-electron chi connectivity index (χ1n) is 24.5. The van der Waals surface area contributed by atoms with Gasteiger partial charge in [0.25, 0.3) is 0 Å². The van der Waals surface area contributed by atoms with Crippen LogP contribution in [0.25, 0.3) is 0 Å². The van der Waals surface area contributed by atoms with Gasteiger partial charge in [0.2, 0.25) is 0 Å². The Morgan fingerprint density at radius 1 is 0.515 bits per heavy atom. The zero-order chi connectivity index (χ0) is 48.8. The van der Waals surface area contributed by atoms with Crippen molar-refractivity contribution >= 4 is 0 Å². The standard InChI is InChI=1S/C52H90O14/c1-17-39(55-9)33(7)35-27-37(35)41(53)29(3)21-19-23-31(5)43-45(57-11)46(58-12)50(61-15)52(66-43)64-26-25-63-48-44(65-51(62-16)49(60-14)47(48)59-13)32(6)24-20-22-30(4)42(54)38-28-36(38)34(8)40(18-2)56-10/h19-24,29-30,33-54H,17-18,25-28H2,1-16H3/b21-19+,22-20+,31-23+,32-24+/t29-,30-,33-,34-,35-,36-,37+,38+,39-,40-,41+,42+,43+,44+,45+,46-,47-,48-,49+,50-,51-,52-/m0/s1. The zero-order valence-corrected chi connectivity index (χ0v) is 43.2. The van der Waals surface area contributed by atoms with E-state index in [0.29, 0.717) is 23.7 Å². The summed E-state index contributed by atoms with van der Waals surface area (Å²) in [4.78, 5) is 0. The monoisotopic (exact) mass is 939 g/mol. The van der Waals surface area contributed by atoms with Crippen LogP contribution in [0.2, 0.25) is 0 Å². The van der Waals surface area contributed by atoms with Gasteiger partial charge in [-0.25, -0.2) is 0 Å².